The van der Waals surface area contributed by atoms with E-state index in [1.54, 1.807) is 0 Å². The van der Waals surface area contributed by atoms with Crippen LogP contribution in [0.25, 0.3) is 0 Å². The van der Waals surface area contributed by atoms with E-state index >= 15 is 0 Å². The molecule has 0 bridgehead atoms. The van der Waals surface area contributed by atoms with E-state index < -0.39 is 0 Å². The van der Waals surface area contributed by atoms with Gasteiger partial charge in [0.2, 0.25) is 0 Å². The Kier molecular flexibility index (Phi) is 6.82. The van der Waals surface area contributed by atoms with Crippen LogP contribution in [-0.2, 0) is 6.42 Å². The Morgan fingerprint density at radius 2 is 1.83 bits per heavy atom. The molecule has 0 saturated carbocycles. The lowest BCUT2D eigenvalue weighted by Gasteiger charge is -2.10. The summed E-state index contributed by atoms with van der Waals surface area (Å²) in [5.74, 6) is 0.898. The number of hydrogen-bond acceptors (Lipinski definition) is 3. The van der Waals surface area contributed by atoms with Gasteiger partial charge >= 0.3 is 0 Å². The number of Topliss-reactive ketones (excluding diaryl/α,β-unsaturated/α-hetero) is 1. The fourth-order valence-electron chi connectivity index (χ4n) is 2.36. The molecule has 0 saturated heterocycles. The minimum atomic E-state index is 0.111. The first-order chi connectivity index (χ1) is 11.1. The maximum absolute atomic E-state index is 12.2. The summed E-state index contributed by atoms with van der Waals surface area (Å²) < 4.78 is 5.63. The normalized spacial score (nSPS) is 10.7. The molecule has 0 fully saturated rings. The lowest BCUT2D eigenvalue weighted by atomic mass is 10.1. The molecule has 2 rings (SSSR count). The van der Waals surface area contributed by atoms with Crippen LogP contribution in [0.2, 0.25) is 0 Å². The van der Waals surface area contributed by atoms with E-state index in [1.165, 1.54) is 5.56 Å². The number of nitrogens with one attached hydrogen (secondary N) is 1. The highest BCUT2D eigenvalue weighted by atomic mass is 16.5. The minimum Gasteiger partial charge on any atom is -0.491 e. The van der Waals surface area contributed by atoms with Gasteiger partial charge in [0.1, 0.15) is 5.75 Å². The Morgan fingerprint density at radius 3 is 2.57 bits per heavy atom. The Labute approximate surface area is 138 Å². The number of hydrogen-bond donors (Lipinski definition) is 1. The number of rotatable bonds is 9. The predicted molar refractivity (Wildman–Crippen MR) is 94.2 cm³/mol. The third-order valence-electron chi connectivity index (χ3n) is 3.49. The van der Waals surface area contributed by atoms with Gasteiger partial charge < -0.3 is 10.1 Å². The molecular weight excluding hydrogens is 286 g/mol. The summed E-state index contributed by atoms with van der Waals surface area (Å²) in [4.78, 5) is 12.2. The molecule has 2 aromatic rings. The number of carbonyl (C=O) groups is 1. The van der Waals surface area contributed by atoms with Gasteiger partial charge in [-0.05, 0) is 44.5 Å². The zero-order chi connectivity index (χ0) is 16.5. The van der Waals surface area contributed by atoms with Gasteiger partial charge in [-0.15, -0.1) is 0 Å². The van der Waals surface area contributed by atoms with E-state index in [0.29, 0.717) is 18.5 Å². The molecule has 1 N–H and O–H groups in total. The lowest BCUT2D eigenvalue weighted by molar-refractivity contribution is 0.0982. The molecule has 3 nitrogen and oxygen atoms in total. The van der Waals surface area contributed by atoms with Crippen LogP contribution >= 0.6 is 0 Å². The summed E-state index contributed by atoms with van der Waals surface area (Å²) in [5, 5.41) is 3.33. The Balaban J connectivity index is 1.72. The summed E-state index contributed by atoms with van der Waals surface area (Å²) in [7, 11) is 0. The van der Waals surface area contributed by atoms with Crippen molar-refractivity contribution in [1.29, 1.82) is 0 Å². The number of ketones is 1. The summed E-state index contributed by atoms with van der Waals surface area (Å²) in [5.41, 5.74) is 2.03. The minimum absolute atomic E-state index is 0.111. The van der Waals surface area contributed by atoms with Crippen LogP contribution in [0.3, 0.4) is 0 Å². The molecule has 0 aromatic heterocycles. The van der Waals surface area contributed by atoms with Gasteiger partial charge in [0.25, 0.3) is 0 Å². The summed E-state index contributed by atoms with van der Waals surface area (Å²) in [6.45, 7) is 5.53. The van der Waals surface area contributed by atoms with Crippen LogP contribution < -0.4 is 10.1 Å². The van der Waals surface area contributed by atoms with Crippen molar-refractivity contribution in [1.82, 2.24) is 5.32 Å². The molecule has 3 heteroatoms. The second-order valence-electron chi connectivity index (χ2n) is 5.85. The highest BCUT2D eigenvalue weighted by Gasteiger charge is 2.07. The van der Waals surface area contributed by atoms with Gasteiger partial charge in [-0.1, -0.05) is 42.5 Å². The molecule has 0 radical (unpaired) electrons. The van der Waals surface area contributed by atoms with Crippen LogP contribution in [0.4, 0.5) is 0 Å². The highest BCUT2D eigenvalue weighted by molar-refractivity contribution is 5.96. The van der Waals surface area contributed by atoms with Crippen LogP contribution in [0.1, 0.15) is 36.2 Å². The molecule has 0 aliphatic heterocycles. The Bertz CT molecular complexity index is 608. The van der Waals surface area contributed by atoms with E-state index in [0.717, 1.165) is 18.7 Å². The third kappa shape index (κ3) is 6.25. The van der Waals surface area contributed by atoms with E-state index in [2.05, 4.69) is 17.4 Å². The summed E-state index contributed by atoms with van der Waals surface area (Å²) in [6.07, 6.45) is 1.59. The Hall–Kier alpha value is -2.13. The topological polar surface area (TPSA) is 38.3 Å². The number of carbonyl (C=O) groups excluding carboxylic acids is 1. The number of benzene rings is 2. The highest BCUT2D eigenvalue weighted by Crippen LogP contribution is 2.16. The first-order valence-electron chi connectivity index (χ1n) is 8.19. The molecule has 23 heavy (non-hydrogen) atoms. The van der Waals surface area contributed by atoms with Gasteiger partial charge in [-0.25, -0.2) is 0 Å². The standard InChI is InChI=1S/C20H25NO2/c1-16(2)23-19-10-6-9-18(15-19)20(22)12-14-21-13-11-17-7-4-3-5-8-17/h3-10,15-16,21H,11-14H2,1-2H3. The van der Waals surface area contributed by atoms with Crippen LogP contribution in [-0.4, -0.2) is 25.0 Å². The van der Waals surface area contributed by atoms with Crippen molar-refractivity contribution in [3.63, 3.8) is 0 Å². The Morgan fingerprint density at radius 1 is 1.04 bits per heavy atom. The first-order valence-corrected chi connectivity index (χ1v) is 8.19. The maximum Gasteiger partial charge on any atom is 0.164 e. The molecule has 122 valence electrons. The van der Waals surface area contributed by atoms with Crippen molar-refractivity contribution in [2.45, 2.75) is 32.8 Å². The van der Waals surface area contributed by atoms with Crippen molar-refractivity contribution in [3.05, 3.63) is 65.7 Å². The maximum atomic E-state index is 12.2. The molecule has 0 aliphatic rings. The summed E-state index contributed by atoms with van der Waals surface area (Å²) >= 11 is 0. The van der Waals surface area contributed by atoms with Crippen molar-refractivity contribution in [3.8, 4) is 5.75 Å². The van der Waals surface area contributed by atoms with Crippen molar-refractivity contribution in [2.75, 3.05) is 13.1 Å². The molecule has 0 heterocycles. The third-order valence-corrected chi connectivity index (χ3v) is 3.49. The quantitative estimate of drug-likeness (QED) is 0.564. The van der Waals surface area contributed by atoms with E-state index in [1.807, 2.05) is 56.3 Å². The summed E-state index contributed by atoms with van der Waals surface area (Å²) in [6, 6.07) is 17.8. The molecule has 0 spiro atoms. The van der Waals surface area contributed by atoms with Gasteiger partial charge in [0.15, 0.2) is 5.78 Å². The van der Waals surface area contributed by atoms with Crippen molar-refractivity contribution < 1.29 is 9.53 Å². The van der Waals surface area contributed by atoms with Gasteiger partial charge in [-0.2, -0.15) is 0 Å². The van der Waals surface area contributed by atoms with Crippen molar-refractivity contribution in [2.24, 2.45) is 0 Å². The van der Waals surface area contributed by atoms with Crippen LogP contribution in [0, 0.1) is 0 Å². The molecule has 0 unspecified atom stereocenters. The smallest absolute Gasteiger partial charge is 0.164 e. The predicted octanol–water partition coefficient (Wildman–Crippen LogP) is 3.88. The monoisotopic (exact) mass is 311 g/mol. The average Bonchev–Trinajstić information content (AvgIpc) is 2.55. The second kappa shape index (κ2) is 9.11. The lowest BCUT2D eigenvalue weighted by Crippen LogP contribution is -2.21. The second-order valence-corrected chi connectivity index (χ2v) is 5.85. The van der Waals surface area contributed by atoms with E-state index in [-0.39, 0.29) is 11.9 Å². The molecule has 0 atom stereocenters. The first kappa shape index (κ1) is 17.2. The van der Waals surface area contributed by atoms with Gasteiger partial charge in [-0.3, -0.25) is 4.79 Å². The largest absolute Gasteiger partial charge is 0.491 e. The molecular formula is C20H25NO2. The molecule has 0 amide bonds. The van der Waals surface area contributed by atoms with Crippen LogP contribution in [0.5, 0.6) is 5.75 Å². The molecule has 2 aromatic carbocycles. The van der Waals surface area contributed by atoms with Gasteiger partial charge in [0, 0.05) is 18.5 Å². The average molecular weight is 311 g/mol. The van der Waals surface area contributed by atoms with E-state index in [4.69, 9.17) is 4.74 Å². The zero-order valence-corrected chi connectivity index (χ0v) is 13.9. The zero-order valence-electron chi connectivity index (χ0n) is 13.9. The van der Waals surface area contributed by atoms with E-state index in [9.17, 15) is 4.79 Å². The SMILES string of the molecule is CC(C)Oc1cccc(C(=O)CCNCCc2ccccc2)c1. The van der Waals surface area contributed by atoms with Gasteiger partial charge in [0.05, 0.1) is 6.10 Å². The fourth-order valence-corrected chi connectivity index (χ4v) is 2.36. The molecule has 0 aliphatic carbocycles. The van der Waals surface area contributed by atoms with Crippen LogP contribution in [0.15, 0.2) is 54.6 Å². The van der Waals surface area contributed by atoms with Crippen molar-refractivity contribution >= 4 is 5.78 Å². The fraction of sp³-hybridized carbons (Fsp3) is 0.350. The number of ether oxygens (including phenoxy) is 1.